The first kappa shape index (κ1) is 20.5. The third kappa shape index (κ3) is 4.88. The second-order valence-electron chi connectivity index (χ2n) is 5.67. The Labute approximate surface area is 157 Å². The number of carbonyl (C=O) groups excluding carboxylic acids is 1. The van der Waals surface area contributed by atoms with E-state index in [9.17, 15) is 17.6 Å². The lowest BCUT2D eigenvalue weighted by atomic mass is 10.1. The van der Waals surface area contributed by atoms with Crippen molar-refractivity contribution in [3.8, 4) is 17.2 Å². The number of sulfone groups is 1. The molecule has 0 saturated carbocycles. The average molecular weight is 397 g/mol. The second kappa shape index (κ2) is 8.26. The predicted molar refractivity (Wildman–Crippen MR) is 97.9 cm³/mol. The quantitative estimate of drug-likeness (QED) is 0.722. The summed E-state index contributed by atoms with van der Waals surface area (Å²) in [4.78, 5) is 12.2. The number of rotatable bonds is 7. The van der Waals surface area contributed by atoms with Crippen LogP contribution in [-0.4, -0.2) is 41.9 Å². The van der Waals surface area contributed by atoms with Gasteiger partial charge in [-0.3, -0.25) is 4.79 Å². The van der Waals surface area contributed by atoms with Gasteiger partial charge in [-0.2, -0.15) is 0 Å². The Bertz CT molecular complexity index is 933. The molecule has 2 rings (SSSR count). The summed E-state index contributed by atoms with van der Waals surface area (Å²) in [6.45, 7) is 0. The number of hydrogen-bond donors (Lipinski definition) is 1. The van der Waals surface area contributed by atoms with Crippen LogP contribution in [0.2, 0.25) is 0 Å². The molecule has 0 unspecified atom stereocenters. The van der Waals surface area contributed by atoms with Gasteiger partial charge in [0.1, 0.15) is 5.82 Å². The molecule has 27 heavy (non-hydrogen) atoms. The lowest BCUT2D eigenvalue weighted by Crippen LogP contribution is -2.16. The summed E-state index contributed by atoms with van der Waals surface area (Å²) in [5, 5.41) is 2.38. The van der Waals surface area contributed by atoms with Crippen LogP contribution in [0, 0.1) is 5.82 Å². The summed E-state index contributed by atoms with van der Waals surface area (Å²) in [6, 6.07) is 6.41. The normalized spacial score (nSPS) is 11.0. The molecule has 0 bridgehead atoms. The van der Waals surface area contributed by atoms with E-state index in [1.165, 1.54) is 21.3 Å². The van der Waals surface area contributed by atoms with Crippen molar-refractivity contribution in [2.45, 2.75) is 11.3 Å². The number of carbonyl (C=O) groups is 1. The number of anilines is 1. The van der Waals surface area contributed by atoms with Gasteiger partial charge in [0.2, 0.25) is 11.7 Å². The molecule has 0 aliphatic carbocycles. The van der Waals surface area contributed by atoms with E-state index in [1.807, 2.05) is 0 Å². The van der Waals surface area contributed by atoms with Crippen molar-refractivity contribution in [3.05, 3.63) is 41.7 Å². The van der Waals surface area contributed by atoms with Crippen LogP contribution in [0.1, 0.15) is 5.56 Å². The molecule has 2 aromatic rings. The fourth-order valence-corrected chi connectivity index (χ4v) is 3.10. The lowest BCUT2D eigenvalue weighted by molar-refractivity contribution is -0.115. The van der Waals surface area contributed by atoms with Gasteiger partial charge in [-0.25, -0.2) is 12.8 Å². The van der Waals surface area contributed by atoms with Gasteiger partial charge in [-0.05, 0) is 35.9 Å². The summed E-state index contributed by atoms with van der Waals surface area (Å²) in [6.07, 6.45) is 0.890. The van der Waals surface area contributed by atoms with Gasteiger partial charge in [-0.15, -0.1) is 0 Å². The number of benzene rings is 2. The Kier molecular flexibility index (Phi) is 6.27. The molecular weight excluding hydrogens is 377 g/mol. The summed E-state index contributed by atoms with van der Waals surface area (Å²) in [5.41, 5.74) is 0.331. The molecule has 2 aromatic carbocycles. The molecule has 0 aromatic heterocycles. The first-order valence-corrected chi connectivity index (χ1v) is 9.67. The van der Waals surface area contributed by atoms with E-state index in [2.05, 4.69) is 5.32 Å². The minimum atomic E-state index is -3.53. The molecule has 7 nitrogen and oxygen atoms in total. The summed E-state index contributed by atoms with van der Waals surface area (Å²) >= 11 is 0. The minimum absolute atomic E-state index is 0.0908. The number of hydrogen-bond acceptors (Lipinski definition) is 6. The molecule has 0 fully saturated rings. The monoisotopic (exact) mass is 397 g/mol. The fraction of sp³-hybridized carbons (Fsp3) is 0.278. The number of halogens is 1. The van der Waals surface area contributed by atoms with E-state index in [1.54, 1.807) is 12.1 Å². The molecule has 146 valence electrons. The molecule has 0 aliphatic rings. The fourth-order valence-electron chi connectivity index (χ4n) is 2.45. The topological polar surface area (TPSA) is 90.9 Å². The highest BCUT2D eigenvalue weighted by Crippen LogP contribution is 2.38. The van der Waals surface area contributed by atoms with Gasteiger partial charge in [0.15, 0.2) is 21.3 Å². The third-order valence-corrected chi connectivity index (χ3v) is 4.84. The zero-order valence-corrected chi connectivity index (χ0v) is 16.1. The Morgan fingerprint density at radius 2 is 1.63 bits per heavy atom. The maximum absolute atomic E-state index is 13.9. The molecule has 0 radical (unpaired) electrons. The van der Waals surface area contributed by atoms with Crippen LogP contribution < -0.4 is 19.5 Å². The largest absolute Gasteiger partial charge is 0.493 e. The molecule has 0 spiro atoms. The summed E-state index contributed by atoms with van der Waals surface area (Å²) < 4.78 is 52.8. The molecule has 0 saturated heterocycles. The van der Waals surface area contributed by atoms with Crippen LogP contribution in [-0.2, 0) is 21.1 Å². The van der Waals surface area contributed by atoms with E-state index in [4.69, 9.17) is 14.2 Å². The standard InChI is InChI=1S/C18H20FNO6S/c1-24-15-7-11(8-16(25-2)18(15)26-3)9-17(21)20-14-10-12(27(4,22)23)5-6-13(14)19/h5-8,10H,9H2,1-4H3,(H,20,21). The van der Waals surface area contributed by atoms with E-state index < -0.39 is 21.6 Å². The van der Waals surface area contributed by atoms with Crippen LogP contribution in [0.4, 0.5) is 10.1 Å². The summed E-state index contributed by atoms with van der Waals surface area (Å²) in [7, 11) is 0.838. The van der Waals surface area contributed by atoms with Gasteiger partial charge in [-0.1, -0.05) is 0 Å². The van der Waals surface area contributed by atoms with Gasteiger partial charge >= 0.3 is 0 Å². The smallest absolute Gasteiger partial charge is 0.228 e. The van der Waals surface area contributed by atoms with Crippen LogP contribution in [0.5, 0.6) is 17.2 Å². The van der Waals surface area contributed by atoms with Crippen molar-refractivity contribution < 1.29 is 31.8 Å². The minimum Gasteiger partial charge on any atom is -0.493 e. The Morgan fingerprint density at radius 3 is 2.11 bits per heavy atom. The molecule has 0 aliphatic heterocycles. The van der Waals surface area contributed by atoms with Crippen LogP contribution in [0.25, 0.3) is 0 Å². The van der Waals surface area contributed by atoms with E-state index in [0.717, 1.165) is 24.5 Å². The van der Waals surface area contributed by atoms with Crippen LogP contribution in [0.3, 0.4) is 0 Å². The molecular formula is C18H20FNO6S. The molecule has 1 amide bonds. The number of nitrogens with one attached hydrogen (secondary N) is 1. The lowest BCUT2D eigenvalue weighted by Gasteiger charge is -2.14. The van der Waals surface area contributed by atoms with Gasteiger partial charge in [0.25, 0.3) is 0 Å². The average Bonchev–Trinajstić information content (AvgIpc) is 2.61. The number of methoxy groups -OCH3 is 3. The van der Waals surface area contributed by atoms with Crippen molar-refractivity contribution in [2.75, 3.05) is 32.9 Å². The third-order valence-electron chi connectivity index (χ3n) is 3.73. The van der Waals surface area contributed by atoms with E-state index >= 15 is 0 Å². The van der Waals surface area contributed by atoms with Crippen molar-refractivity contribution in [3.63, 3.8) is 0 Å². The molecule has 0 atom stereocenters. The Hall–Kier alpha value is -2.81. The summed E-state index contributed by atoms with van der Waals surface area (Å²) in [5.74, 6) is -0.125. The SMILES string of the molecule is COc1cc(CC(=O)Nc2cc(S(C)(=O)=O)ccc2F)cc(OC)c1OC. The molecule has 0 heterocycles. The second-order valence-corrected chi connectivity index (χ2v) is 7.69. The van der Waals surface area contributed by atoms with E-state index in [0.29, 0.717) is 22.8 Å². The van der Waals surface area contributed by atoms with Gasteiger partial charge in [0, 0.05) is 6.26 Å². The Balaban J connectivity index is 2.26. The van der Waals surface area contributed by atoms with Gasteiger partial charge in [0.05, 0.1) is 38.3 Å². The highest BCUT2D eigenvalue weighted by Gasteiger charge is 2.17. The van der Waals surface area contributed by atoms with Crippen LogP contribution >= 0.6 is 0 Å². The van der Waals surface area contributed by atoms with Crippen molar-refractivity contribution in [1.29, 1.82) is 0 Å². The zero-order valence-electron chi connectivity index (χ0n) is 15.3. The molecule has 1 N–H and O–H groups in total. The van der Waals surface area contributed by atoms with Crippen molar-refractivity contribution >= 4 is 21.4 Å². The maximum Gasteiger partial charge on any atom is 0.228 e. The molecule has 9 heteroatoms. The van der Waals surface area contributed by atoms with Crippen LogP contribution in [0.15, 0.2) is 35.2 Å². The first-order chi connectivity index (χ1) is 12.7. The highest BCUT2D eigenvalue weighted by atomic mass is 32.2. The van der Waals surface area contributed by atoms with Gasteiger partial charge < -0.3 is 19.5 Å². The maximum atomic E-state index is 13.9. The van der Waals surface area contributed by atoms with Crippen molar-refractivity contribution in [1.82, 2.24) is 0 Å². The van der Waals surface area contributed by atoms with E-state index in [-0.39, 0.29) is 17.0 Å². The highest BCUT2D eigenvalue weighted by molar-refractivity contribution is 7.90. The Morgan fingerprint density at radius 1 is 1.04 bits per heavy atom. The number of amides is 1. The van der Waals surface area contributed by atoms with Crippen molar-refractivity contribution in [2.24, 2.45) is 0 Å². The zero-order chi connectivity index (χ0) is 20.2. The predicted octanol–water partition coefficient (Wildman–Crippen LogP) is 2.44. The first-order valence-electron chi connectivity index (χ1n) is 7.78. The number of ether oxygens (including phenoxy) is 3.